The number of hydrogen-bond acceptors (Lipinski definition) is 2. The van der Waals surface area contributed by atoms with Crippen molar-refractivity contribution in [1.82, 2.24) is 9.80 Å². The van der Waals surface area contributed by atoms with E-state index in [2.05, 4.69) is 29.1 Å². The summed E-state index contributed by atoms with van der Waals surface area (Å²) in [5.74, 6) is 0. The van der Waals surface area contributed by atoms with Crippen LogP contribution in [-0.4, -0.2) is 42.5 Å². The maximum atomic E-state index is 2.49. The first kappa shape index (κ1) is 7.17. The fraction of sp³-hybridized carbons (Fsp3) is 0.778. The summed E-state index contributed by atoms with van der Waals surface area (Å²) in [6, 6.07) is 0.804. The third kappa shape index (κ3) is 1.41. The van der Waals surface area contributed by atoms with Crippen molar-refractivity contribution < 1.29 is 0 Å². The Morgan fingerprint density at radius 1 is 1.36 bits per heavy atom. The van der Waals surface area contributed by atoms with Crippen LogP contribution in [0.2, 0.25) is 0 Å². The largest absolute Gasteiger partial charge is 0.372 e. The molecule has 0 aromatic heterocycles. The normalized spacial score (nSPS) is 32.1. The van der Waals surface area contributed by atoms with Crippen LogP contribution in [0.5, 0.6) is 0 Å². The third-order valence-electron chi connectivity index (χ3n) is 2.69. The molecule has 2 rings (SSSR count). The summed E-state index contributed by atoms with van der Waals surface area (Å²) in [7, 11) is 2.22. The van der Waals surface area contributed by atoms with Crippen molar-refractivity contribution >= 4 is 0 Å². The van der Waals surface area contributed by atoms with Gasteiger partial charge in [0.15, 0.2) is 0 Å². The quantitative estimate of drug-likeness (QED) is 0.509. The van der Waals surface area contributed by atoms with Gasteiger partial charge in [0.2, 0.25) is 0 Å². The van der Waals surface area contributed by atoms with E-state index in [0.29, 0.717) is 0 Å². The van der Waals surface area contributed by atoms with Crippen molar-refractivity contribution in [1.29, 1.82) is 0 Å². The molecule has 0 aromatic carbocycles. The van der Waals surface area contributed by atoms with Crippen LogP contribution in [0.4, 0.5) is 0 Å². The van der Waals surface area contributed by atoms with Crippen LogP contribution < -0.4 is 0 Å². The van der Waals surface area contributed by atoms with Gasteiger partial charge in [0.25, 0.3) is 0 Å². The second kappa shape index (κ2) is 2.86. The van der Waals surface area contributed by atoms with E-state index >= 15 is 0 Å². The highest BCUT2D eigenvalue weighted by Gasteiger charge is 2.23. The first-order valence-electron chi connectivity index (χ1n) is 4.47. The molecule has 1 atom stereocenters. The molecule has 2 aliphatic heterocycles. The zero-order chi connectivity index (χ0) is 7.68. The van der Waals surface area contributed by atoms with E-state index in [1.165, 1.54) is 32.5 Å². The van der Waals surface area contributed by atoms with E-state index in [1.54, 1.807) is 0 Å². The molecule has 0 aliphatic carbocycles. The van der Waals surface area contributed by atoms with Crippen molar-refractivity contribution in [3.63, 3.8) is 0 Å². The van der Waals surface area contributed by atoms with Gasteiger partial charge in [0.1, 0.15) is 0 Å². The smallest absolute Gasteiger partial charge is 0.0414 e. The molecule has 2 heteroatoms. The Balaban J connectivity index is 2.02. The Hall–Kier alpha value is -0.500. The standard InChI is InChI=1S/C9H16N2/c1-10-6-7-11-5-3-2-4-9(11)8-10/h3,5,9H,2,4,6-8H2,1H3. The minimum atomic E-state index is 0.804. The molecule has 1 saturated heterocycles. The van der Waals surface area contributed by atoms with E-state index in [-0.39, 0.29) is 0 Å². The number of piperazine rings is 1. The lowest BCUT2D eigenvalue weighted by atomic mass is 10.0. The first-order valence-corrected chi connectivity index (χ1v) is 4.47. The molecule has 0 saturated carbocycles. The third-order valence-corrected chi connectivity index (χ3v) is 2.69. The van der Waals surface area contributed by atoms with E-state index in [0.717, 1.165) is 6.04 Å². The summed E-state index contributed by atoms with van der Waals surface area (Å²) < 4.78 is 0. The van der Waals surface area contributed by atoms with Gasteiger partial charge in [-0.25, -0.2) is 0 Å². The van der Waals surface area contributed by atoms with E-state index in [1.807, 2.05) is 0 Å². The minimum Gasteiger partial charge on any atom is -0.372 e. The number of fused-ring (bicyclic) bond motifs is 1. The second-order valence-electron chi connectivity index (χ2n) is 3.62. The molecule has 62 valence electrons. The lowest BCUT2D eigenvalue weighted by Gasteiger charge is -2.41. The van der Waals surface area contributed by atoms with Crippen molar-refractivity contribution in [2.45, 2.75) is 18.9 Å². The fourth-order valence-corrected chi connectivity index (χ4v) is 1.98. The molecule has 2 heterocycles. The predicted molar refractivity (Wildman–Crippen MR) is 46.4 cm³/mol. The lowest BCUT2D eigenvalue weighted by molar-refractivity contribution is 0.121. The van der Waals surface area contributed by atoms with Crippen LogP contribution >= 0.6 is 0 Å². The Labute approximate surface area is 68.5 Å². The maximum absolute atomic E-state index is 2.49. The van der Waals surface area contributed by atoms with Gasteiger partial charge in [0.05, 0.1) is 0 Å². The van der Waals surface area contributed by atoms with E-state index in [4.69, 9.17) is 0 Å². The van der Waals surface area contributed by atoms with E-state index in [9.17, 15) is 0 Å². The van der Waals surface area contributed by atoms with Crippen molar-refractivity contribution in [3.8, 4) is 0 Å². The predicted octanol–water partition coefficient (Wildman–Crippen LogP) is 0.910. The number of likely N-dealkylation sites (N-methyl/N-ethyl adjacent to an activating group) is 1. The zero-order valence-corrected chi connectivity index (χ0v) is 7.16. The number of nitrogens with zero attached hydrogens (tertiary/aromatic N) is 2. The Morgan fingerprint density at radius 3 is 3.18 bits per heavy atom. The number of hydrogen-bond donors (Lipinski definition) is 0. The average Bonchev–Trinajstić information content (AvgIpc) is 2.04. The van der Waals surface area contributed by atoms with Crippen LogP contribution in [-0.2, 0) is 0 Å². The molecule has 2 aliphatic rings. The van der Waals surface area contributed by atoms with Gasteiger partial charge in [-0.2, -0.15) is 0 Å². The van der Waals surface area contributed by atoms with Gasteiger partial charge in [-0.05, 0) is 26.1 Å². The molecular formula is C9H16N2. The molecule has 0 radical (unpaired) electrons. The van der Waals surface area contributed by atoms with Crippen LogP contribution in [0.3, 0.4) is 0 Å². The molecule has 11 heavy (non-hydrogen) atoms. The molecule has 0 amide bonds. The van der Waals surface area contributed by atoms with Gasteiger partial charge in [0, 0.05) is 25.7 Å². The average molecular weight is 152 g/mol. The SMILES string of the molecule is CN1CCN2C=CCCC2C1. The monoisotopic (exact) mass is 152 g/mol. The lowest BCUT2D eigenvalue weighted by Crippen LogP contribution is -2.50. The number of rotatable bonds is 0. The van der Waals surface area contributed by atoms with Crippen LogP contribution in [0.25, 0.3) is 0 Å². The summed E-state index contributed by atoms with van der Waals surface area (Å²) in [6.07, 6.45) is 7.19. The molecule has 0 N–H and O–H groups in total. The molecule has 0 bridgehead atoms. The zero-order valence-electron chi connectivity index (χ0n) is 7.16. The highest BCUT2D eigenvalue weighted by molar-refractivity contribution is 4.96. The van der Waals surface area contributed by atoms with Crippen molar-refractivity contribution in [2.24, 2.45) is 0 Å². The van der Waals surface area contributed by atoms with Crippen LogP contribution in [0.15, 0.2) is 12.3 Å². The van der Waals surface area contributed by atoms with Crippen molar-refractivity contribution in [2.75, 3.05) is 26.7 Å². The van der Waals surface area contributed by atoms with E-state index < -0.39 is 0 Å². The molecule has 1 fully saturated rings. The van der Waals surface area contributed by atoms with Gasteiger partial charge < -0.3 is 9.80 Å². The summed E-state index contributed by atoms with van der Waals surface area (Å²) in [4.78, 5) is 4.92. The van der Waals surface area contributed by atoms with Crippen molar-refractivity contribution in [3.05, 3.63) is 12.3 Å². The Bertz CT molecular complexity index is 165. The molecule has 2 nitrogen and oxygen atoms in total. The molecule has 0 aromatic rings. The van der Waals surface area contributed by atoms with Crippen LogP contribution in [0.1, 0.15) is 12.8 Å². The summed E-state index contributed by atoms with van der Waals surface area (Å²) >= 11 is 0. The summed E-state index contributed by atoms with van der Waals surface area (Å²) in [6.45, 7) is 3.70. The minimum absolute atomic E-state index is 0.804. The first-order chi connectivity index (χ1) is 5.36. The number of allylic oxidation sites excluding steroid dienone is 1. The Kier molecular flexibility index (Phi) is 1.86. The Morgan fingerprint density at radius 2 is 2.27 bits per heavy atom. The van der Waals surface area contributed by atoms with Gasteiger partial charge >= 0.3 is 0 Å². The molecule has 1 unspecified atom stereocenters. The van der Waals surface area contributed by atoms with Crippen LogP contribution in [0, 0.1) is 0 Å². The topological polar surface area (TPSA) is 6.48 Å². The fourth-order valence-electron chi connectivity index (χ4n) is 1.98. The molecular weight excluding hydrogens is 136 g/mol. The van der Waals surface area contributed by atoms with Gasteiger partial charge in [-0.3, -0.25) is 0 Å². The highest BCUT2D eigenvalue weighted by atomic mass is 15.3. The van der Waals surface area contributed by atoms with Gasteiger partial charge in [-0.15, -0.1) is 0 Å². The summed E-state index contributed by atoms with van der Waals surface area (Å²) in [5.41, 5.74) is 0. The summed E-state index contributed by atoms with van der Waals surface area (Å²) in [5, 5.41) is 0. The second-order valence-corrected chi connectivity index (χ2v) is 3.62. The molecule has 0 spiro atoms. The highest BCUT2D eigenvalue weighted by Crippen LogP contribution is 2.18. The maximum Gasteiger partial charge on any atom is 0.0414 e. The van der Waals surface area contributed by atoms with Gasteiger partial charge in [-0.1, -0.05) is 6.08 Å².